The summed E-state index contributed by atoms with van der Waals surface area (Å²) < 4.78 is 5.63. The number of ether oxygens (including phenoxy) is 1. The molecule has 0 spiro atoms. The number of hydrogen-bond acceptors (Lipinski definition) is 4. The number of carboxylic acid groups (broad SMARTS) is 1. The molecule has 0 bridgehead atoms. The third-order valence-corrected chi connectivity index (χ3v) is 7.98. The van der Waals surface area contributed by atoms with Crippen LogP contribution in [0.3, 0.4) is 0 Å². The van der Waals surface area contributed by atoms with Crippen molar-refractivity contribution in [1.29, 1.82) is 0 Å². The molecule has 35 heavy (non-hydrogen) atoms. The minimum absolute atomic E-state index is 0.0131. The first-order valence-corrected chi connectivity index (χ1v) is 12.6. The fourth-order valence-electron chi connectivity index (χ4n) is 6.14. The molecule has 2 fully saturated rings. The van der Waals surface area contributed by atoms with Gasteiger partial charge in [0.05, 0.1) is 5.92 Å². The molecule has 7 nitrogen and oxygen atoms in total. The second kappa shape index (κ2) is 10.1. The van der Waals surface area contributed by atoms with E-state index >= 15 is 0 Å². The number of carbonyl (C=O) groups is 3. The van der Waals surface area contributed by atoms with E-state index in [4.69, 9.17) is 4.74 Å². The van der Waals surface area contributed by atoms with Crippen LogP contribution in [0.15, 0.2) is 48.5 Å². The molecule has 4 atom stereocenters. The van der Waals surface area contributed by atoms with Crippen molar-refractivity contribution in [2.45, 2.75) is 50.5 Å². The van der Waals surface area contributed by atoms with E-state index < -0.39 is 12.1 Å². The summed E-state index contributed by atoms with van der Waals surface area (Å²) >= 11 is 0. The maximum Gasteiger partial charge on any atom is 0.407 e. The molecule has 0 radical (unpaired) electrons. The van der Waals surface area contributed by atoms with Gasteiger partial charge in [-0.05, 0) is 60.3 Å². The number of amides is 2. The summed E-state index contributed by atoms with van der Waals surface area (Å²) in [6, 6.07) is 16.4. The van der Waals surface area contributed by atoms with E-state index in [1.54, 1.807) is 0 Å². The fourth-order valence-corrected chi connectivity index (χ4v) is 6.14. The molecule has 2 saturated carbocycles. The Morgan fingerprint density at radius 1 is 0.914 bits per heavy atom. The topological polar surface area (TPSA) is 105 Å². The molecule has 0 saturated heterocycles. The van der Waals surface area contributed by atoms with Crippen molar-refractivity contribution in [3.63, 3.8) is 0 Å². The molecule has 2 amide bonds. The summed E-state index contributed by atoms with van der Waals surface area (Å²) in [5, 5.41) is 15.1. The molecule has 2 aromatic carbocycles. The van der Waals surface area contributed by atoms with Crippen LogP contribution in [-0.2, 0) is 14.3 Å². The minimum atomic E-state index is -0.784. The average Bonchev–Trinajstić information content (AvgIpc) is 3.59. The zero-order valence-electron chi connectivity index (χ0n) is 19.7. The molecule has 7 heteroatoms. The normalized spacial score (nSPS) is 25.0. The Morgan fingerprint density at radius 3 is 2.26 bits per heavy atom. The van der Waals surface area contributed by atoms with Gasteiger partial charge in [0.25, 0.3) is 0 Å². The summed E-state index contributed by atoms with van der Waals surface area (Å²) in [6.45, 7) is 0.665. The van der Waals surface area contributed by atoms with Crippen LogP contribution >= 0.6 is 0 Å². The smallest absolute Gasteiger partial charge is 0.407 e. The molecular weight excluding hydrogens is 444 g/mol. The first-order valence-electron chi connectivity index (χ1n) is 12.6. The van der Waals surface area contributed by atoms with Crippen LogP contribution in [0.4, 0.5) is 4.79 Å². The highest BCUT2D eigenvalue weighted by molar-refractivity contribution is 5.80. The third-order valence-electron chi connectivity index (χ3n) is 7.98. The second-order valence-electron chi connectivity index (χ2n) is 10.1. The highest BCUT2D eigenvalue weighted by atomic mass is 16.5. The summed E-state index contributed by atoms with van der Waals surface area (Å²) in [4.78, 5) is 36.6. The molecule has 0 aromatic heterocycles. The highest BCUT2D eigenvalue weighted by Crippen LogP contribution is 2.44. The van der Waals surface area contributed by atoms with Gasteiger partial charge < -0.3 is 20.5 Å². The van der Waals surface area contributed by atoms with E-state index in [2.05, 4.69) is 34.9 Å². The first kappa shape index (κ1) is 23.4. The van der Waals surface area contributed by atoms with Gasteiger partial charge in [0.15, 0.2) is 0 Å². The van der Waals surface area contributed by atoms with E-state index in [9.17, 15) is 19.5 Å². The van der Waals surface area contributed by atoms with Crippen molar-refractivity contribution in [1.82, 2.24) is 10.6 Å². The second-order valence-corrected chi connectivity index (χ2v) is 10.1. The predicted octanol–water partition coefficient (Wildman–Crippen LogP) is 4.31. The number of alkyl carbamates (subject to hydrolysis) is 1. The lowest BCUT2D eigenvalue weighted by Crippen LogP contribution is -2.41. The zero-order valence-corrected chi connectivity index (χ0v) is 19.7. The quantitative estimate of drug-likeness (QED) is 0.552. The van der Waals surface area contributed by atoms with Gasteiger partial charge in [0.2, 0.25) is 5.91 Å². The molecule has 5 rings (SSSR count). The van der Waals surface area contributed by atoms with Crippen molar-refractivity contribution >= 4 is 18.0 Å². The lowest BCUT2D eigenvalue weighted by atomic mass is 9.94. The van der Waals surface area contributed by atoms with Crippen molar-refractivity contribution in [3.8, 4) is 11.1 Å². The number of carbonyl (C=O) groups excluding carboxylic acids is 2. The van der Waals surface area contributed by atoms with Gasteiger partial charge in [-0.1, -0.05) is 55.0 Å². The standard InChI is InChI=1S/C28H32N2O5/c31-26(30-19-13-12-17(14-19)27(32)33)20-11-5-6-18(20)15-29-28(34)35-16-25-23-9-3-1-7-21(23)22-8-2-4-10-24(22)25/h1-4,7-10,17-20,25H,5-6,11-16H2,(H,29,34)(H,30,31)(H,32,33)/t17?,18-,19?,20-/m1/s1. The Morgan fingerprint density at radius 2 is 1.60 bits per heavy atom. The monoisotopic (exact) mass is 476 g/mol. The number of benzene rings is 2. The van der Waals surface area contributed by atoms with E-state index in [0.29, 0.717) is 25.8 Å². The third kappa shape index (κ3) is 4.90. The number of aliphatic carboxylic acids is 1. The largest absolute Gasteiger partial charge is 0.481 e. The van der Waals surface area contributed by atoms with Crippen LogP contribution in [-0.4, -0.2) is 42.3 Å². The molecule has 3 N–H and O–H groups in total. The Kier molecular flexibility index (Phi) is 6.75. The van der Waals surface area contributed by atoms with Gasteiger partial charge in [-0.15, -0.1) is 0 Å². The van der Waals surface area contributed by atoms with E-state index in [1.165, 1.54) is 22.3 Å². The maximum absolute atomic E-state index is 12.9. The fraction of sp³-hybridized carbons (Fsp3) is 0.464. The Balaban J connectivity index is 1.12. The van der Waals surface area contributed by atoms with Crippen LogP contribution < -0.4 is 10.6 Å². The summed E-state index contributed by atoms with van der Waals surface area (Å²) in [7, 11) is 0. The number of fused-ring (bicyclic) bond motifs is 3. The Hall–Kier alpha value is -3.35. The zero-order chi connectivity index (χ0) is 24.4. The molecule has 184 valence electrons. The molecule has 0 aliphatic heterocycles. The lowest BCUT2D eigenvalue weighted by Gasteiger charge is -2.22. The van der Waals surface area contributed by atoms with Crippen LogP contribution in [0.25, 0.3) is 11.1 Å². The highest BCUT2D eigenvalue weighted by Gasteiger charge is 2.37. The van der Waals surface area contributed by atoms with Gasteiger partial charge >= 0.3 is 12.1 Å². The Labute approximate surface area is 205 Å². The van der Waals surface area contributed by atoms with Crippen molar-refractivity contribution in [2.24, 2.45) is 17.8 Å². The van der Waals surface area contributed by atoms with E-state index in [1.807, 2.05) is 24.3 Å². The summed E-state index contributed by atoms with van der Waals surface area (Å²) in [5.41, 5.74) is 4.72. The van der Waals surface area contributed by atoms with Crippen molar-refractivity contribution in [2.75, 3.05) is 13.2 Å². The lowest BCUT2D eigenvalue weighted by molar-refractivity contribution is -0.141. The van der Waals surface area contributed by atoms with Crippen LogP contribution in [0.2, 0.25) is 0 Å². The van der Waals surface area contributed by atoms with E-state index in [0.717, 1.165) is 19.3 Å². The molecule has 0 heterocycles. The van der Waals surface area contributed by atoms with Gasteiger partial charge in [-0.25, -0.2) is 4.79 Å². The van der Waals surface area contributed by atoms with E-state index in [-0.39, 0.29) is 42.2 Å². The summed E-state index contributed by atoms with van der Waals surface area (Å²) in [5.74, 6) is -1.25. The maximum atomic E-state index is 12.9. The molecule has 2 aromatic rings. The molecule has 3 aliphatic rings. The molecular formula is C28H32N2O5. The number of nitrogens with one attached hydrogen (secondary N) is 2. The average molecular weight is 477 g/mol. The molecule has 3 aliphatic carbocycles. The number of hydrogen-bond donors (Lipinski definition) is 3. The van der Waals surface area contributed by atoms with Gasteiger partial charge in [-0.2, -0.15) is 0 Å². The van der Waals surface area contributed by atoms with Crippen LogP contribution in [0.5, 0.6) is 0 Å². The van der Waals surface area contributed by atoms with Crippen LogP contribution in [0, 0.1) is 17.8 Å². The number of carboxylic acids is 1. The van der Waals surface area contributed by atoms with Gasteiger partial charge in [-0.3, -0.25) is 9.59 Å². The van der Waals surface area contributed by atoms with Gasteiger partial charge in [0, 0.05) is 24.4 Å². The van der Waals surface area contributed by atoms with Gasteiger partial charge in [0.1, 0.15) is 6.61 Å². The minimum Gasteiger partial charge on any atom is -0.481 e. The summed E-state index contributed by atoms with van der Waals surface area (Å²) in [6.07, 6.45) is 3.96. The van der Waals surface area contributed by atoms with Crippen molar-refractivity contribution in [3.05, 3.63) is 59.7 Å². The first-order chi connectivity index (χ1) is 17.0. The SMILES string of the molecule is O=C(NC[C@H]1CCC[C@H]1C(=O)NC1CCC(C(=O)O)C1)OCC1c2ccccc2-c2ccccc21. The Bertz CT molecular complexity index is 1070. The van der Waals surface area contributed by atoms with Crippen LogP contribution in [0.1, 0.15) is 55.6 Å². The molecule has 2 unspecified atom stereocenters. The van der Waals surface area contributed by atoms with Crippen molar-refractivity contribution < 1.29 is 24.2 Å². The predicted molar refractivity (Wildman–Crippen MR) is 131 cm³/mol. The number of rotatable bonds is 7.